The molecule has 1 unspecified atom stereocenters. The fourth-order valence-corrected chi connectivity index (χ4v) is 6.91. The van der Waals surface area contributed by atoms with E-state index in [4.69, 9.17) is 0 Å². The molecule has 44 heavy (non-hydrogen) atoms. The minimum absolute atomic E-state index is 0.134. The van der Waals surface area contributed by atoms with Crippen molar-refractivity contribution in [1.29, 1.82) is 0 Å². The van der Waals surface area contributed by atoms with E-state index < -0.39 is 0 Å². The largest absolute Gasteiger partial charge is 0.310 e. The van der Waals surface area contributed by atoms with Crippen molar-refractivity contribution in [3.8, 4) is 0 Å². The maximum atomic E-state index is 2.39. The van der Waals surface area contributed by atoms with Crippen molar-refractivity contribution in [3.63, 3.8) is 0 Å². The third-order valence-electron chi connectivity index (χ3n) is 9.08. The average molecular weight is 564 g/mol. The van der Waals surface area contributed by atoms with Gasteiger partial charge in [-0.05, 0) is 87.8 Å². The summed E-state index contributed by atoms with van der Waals surface area (Å²) in [4.78, 5) is 2.39. The quantitative estimate of drug-likeness (QED) is 0.144. The van der Waals surface area contributed by atoms with Crippen LogP contribution in [0.15, 0.2) is 158 Å². The van der Waals surface area contributed by atoms with Crippen molar-refractivity contribution in [3.05, 3.63) is 186 Å². The highest BCUT2D eigenvalue weighted by atomic mass is 15.1. The second-order valence-electron chi connectivity index (χ2n) is 11.9. The summed E-state index contributed by atoms with van der Waals surface area (Å²) in [7, 11) is 0. The third-order valence-corrected chi connectivity index (χ3v) is 9.08. The minimum Gasteiger partial charge on any atom is -0.310 e. The van der Waals surface area contributed by atoms with Crippen LogP contribution in [0.2, 0.25) is 0 Å². The Morgan fingerprint density at radius 2 is 0.909 bits per heavy atom. The lowest BCUT2D eigenvalue weighted by molar-refractivity contribution is 0.988. The molecule has 1 nitrogen and oxygen atoms in total. The zero-order chi connectivity index (χ0) is 29.6. The van der Waals surface area contributed by atoms with E-state index in [0.717, 1.165) is 11.4 Å². The predicted octanol–water partition coefficient (Wildman–Crippen LogP) is 11.9. The van der Waals surface area contributed by atoms with E-state index in [2.05, 4.69) is 176 Å². The van der Waals surface area contributed by atoms with Gasteiger partial charge in [0.15, 0.2) is 0 Å². The first-order valence-electron chi connectivity index (χ1n) is 15.4. The van der Waals surface area contributed by atoms with Crippen LogP contribution in [0.4, 0.5) is 17.1 Å². The molecule has 0 bridgehead atoms. The van der Waals surface area contributed by atoms with Crippen LogP contribution in [0.5, 0.6) is 0 Å². The smallest absolute Gasteiger partial charge is 0.0540 e. The summed E-state index contributed by atoms with van der Waals surface area (Å²) >= 11 is 0. The van der Waals surface area contributed by atoms with Crippen molar-refractivity contribution < 1.29 is 0 Å². The lowest BCUT2D eigenvalue weighted by Crippen LogP contribution is -2.10. The van der Waals surface area contributed by atoms with Gasteiger partial charge in [0.2, 0.25) is 0 Å². The number of nitrogens with zero attached hydrogens (tertiary/aromatic N) is 1. The van der Waals surface area contributed by atoms with Gasteiger partial charge in [-0.15, -0.1) is 0 Å². The van der Waals surface area contributed by atoms with Gasteiger partial charge in [0.1, 0.15) is 0 Å². The molecule has 0 saturated heterocycles. The lowest BCUT2D eigenvalue weighted by atomic mass is 9.81. The highest BCUT2D eigenvalue weighted by molar-refractivity contribution is 6.26. The van der Waals surface area contributed by atoms with E-state index in [0.29, 0.717) is 0 Å². The van der Waals surface area contributed by atoms with Gasteiger partial charge in [0, 0.05) is 22.7 Å². The maximum absolute atomic E-state index is 2.39. The molecule has 0 aromatic heterocycles. The molecule has 8 aromatic carbocycles. The fraction of sp³-hybridized carbons (Fsp3) is 0.0698. The Hall–Kier alpha value is -5.40. The van der Waals surface area contributed by atoms with E-state index in [-0.39, 0.29) is 5.92 Å². The van der Waals surface area contributed by atoms with Crippen LogP contribution in [0.3, 0.4) is 0 Å². The molecule has 0 heterocycles. The van der Waals surface area contributed by atoms with Crippen molar-refractivity contribution >= 4 is 49.4 Å². The van der Waals surface area contributed by atoms with Crippen LogP contribution in [0, 0.1) is 13.8 Å². The van der Waals surface area contributed by atoms with Gasteiger partial charge in [-0.2, -0.15) is 0 Å². The summed E-state index contributed by atoms with van der Waals surface area (Å²) in [5, 5.41) is 7.77. The normalized spacial score (nSPS) is 12.2. The van der Waals surface area contributed by atoms with Crippen molar-refractivity contribution in [2.24, 2.45) is 0 Å². The Morgan fingerprint density at radius 1 is 0.409 bits per heavy atom. The molecular formula is C43H33N. The SMILES string of the molecule is Cc1ccc(C(c2ccccc2)c2ccc3ccc4c(N(c5ccccc5)c5ccc(C)cc5)ccc5ccc2c3c54)cc1. The van der Waals surface area contributed by atoms with Gasteiger partial charge >= 0.3 is 0 Å². The second-order valence-corrected chi connectivity index (χ2v) is 11.9. The average Bonchev–Trinajstić information content (AvgIpc) is 3.07. The first-order valence-corrected chi connectivity index (χ1v) is 15.4. The first-order chi connectivity index (χ1) is 21.7. The first kappa shape index (κ1) is 26.2. The number of hydrogen-bond acceptors (Lipinski definition) is 1. The zero-order valence-electron chi connectivity index (χ0n) is 25.0. The molecule has 0 aliphatic carbocycles. The Bertz CT molecular complexity index is 2050. The summed E-state index contributed by atoms with van der Waals surface area (Å²) in [6.45, 7) is 4.30. The molecule has 8 aromatic rings. The molecule has 0 aliphatic rings. The topological polar surface area (TPSA) is 3.24 Å². The molecule has 0 N–H and O–H groups in total. The molecule has 0 radical (unpaired) electrons. The van der Waals surface area contributed by atoms with E-state index >= 15 is 0 Å². The number of aryl methyl sites for hydroxylation is 2. The molecule has 1 heteroatoms. The molecule has 8 rings (SSSR count). The molecule has 1 atom stereocenters. The standard InChI is InChI=1S/C43H33N/c1-29-13-17-32(18-14-29)41(31-9-5-3-6-10-31)37-25-19-33-21-27-39-40(28-22-34-20-26-38(37)42(33)43(34)39)44(35-11-7-4-8-12-35)36-23-15-30(2)16-24-36/h3-28,41H,1-2H3. The van der Waals surface area contributed by atoms with Crippen LogP contribution in [0.1, 0.15) is 33.7 Å². The Kier molecular flexibility index (Phi) is 6.38. The van der Waals surface area contributed by atoms with E-state index in [1.165, 1.54) is 65.8 Å². The number of anilines is 3. The molecule has 0 spiro atoms. The van der Waals surface area contributed by atoms with Crippen LogP contribution < -0.4 is 4.90 Å². The van der Waals surface area contributed by atoms with Crippen molar-refractivity contribution in [1.82, 2.24) is 0 Å². The molecule has 210 valence electrons. The van der Waals surface area contributed by atoms with Gasteiger partial charge < -0.3 is 4.90 Å². The summed E-state index contributed by atoms with van der Waals surface area (Å²) in [5.41, 5.74) is 9.98. The molecule has 0 aliphatic heterocycles. The molecule has 0 amide bonds. The number of rotatable bonds is 6. The van der Waals surface area contributed by atoms with Gasteiger partial charge in [0.25, 0.3) is 0 Å². The number of para-hydroxylation sites is 1. The fourth-order valence-electron chi connectivity index (χ4n) is 6.91. The Balaban J connectivity index is 1.41. The van der Waals surface area contributed by atoms with Crippen LogP contribution in [0.25, 0.3) is 32.3 Å². The van der Waals surface area contributed by atoms with Crippen LogP contribution in [-0.4, -0.2) is 0 Å². The highest BCUT2D eigenvalue weighted by Gasteiger charge is 2.23. The van der Waals surface area contributed by atoms with E-state index in [1.54, 1.807) is 0 Å². The van der Waals surface area contributed by atoms with Gasteiger partial charge in [-0.25, -0.2) is 0 Å². The maximum Gasteiger partial charge on any atom is 0.0540 e. The van der Waals surface area contributed by atoms with E-state index in [1.807, 2.05) is 0 Å². The lowest BCUT2D eigenvalue weighted by Gasteiger charge is -2.28. The third kappa shape index (κ3) is 4.41. The molecule has 0 fully saturated rings. The molecular weight excluding hydrogens is 530 g/mol. The molecule has 0 saturated carbocycles. The van der Waals surface area contributed by atoms with Gasteiger partial charge in [0.05, 0.1) is 5.69 Å². The summed E-state index contributed by atoms with van der Waals surface area (Å²) in [6, 6.07) is 58.1. The van der Waals surface area contributed by atoms with E-state index in [9.17, 15) is 0 Å². The van der Waals surface area contributed by atoms with Crippen molar-refractivity contribution in [2.45, 2.75) is 19.8 Å². The summed E-state index contributed by atoms with van der Waals surface area (Å²) < 4.78 is 0. The van der Waals surface area contributed by atoms with Crippen molar-refractivity contribution in [2.75, 3.05) is 4.90 Å². The van der Waals surface area contributed by atoms with Crippen LogP contribution in [-0.2, 0) is 0 Å². The summed E-state index contributed by atoms with van der Waals surface area (Å²) in [5.74, 6) is 0.134. The van der Waals surface area contributed by atoms with Crippen LogP contribution >= 0.6 is 0 Å². The van der Waals surface area contributed by atoms with Gasteiger partial charge in [-0.3, -0.25) is 0 Å². The number of benzene rings is 8. The second kappa shape index (κ2) is 10.7. The highest BCUT2D eigenvalue weighted by Crippen LogP contribution is 2.46. The minimum atomic E-state index is 0.134. The van der Waals surface area contributed by atoms with Gasteiger partial charge in [-0.1, -0.05) is 139 Å². The Labute approximate surface area is 259 Å². The predicted molar refractivity (Wildman–Crippen MR) is 188 cm³/mol. The number of hydrogen-bond donors (Lipinski definition) is 0. The zero-order valence-corrected chi connectivity index (χ0v) is 25.0. The Morgan fingerprint density at radius 3 is 1.59 bits per heavy atom. The summed E-state index contributed by atoms with van der Waals surface area (Å²) in [6.07, 6.45) is 0. The monoisotopic (exact) mass is 563 g/mol.